The number of hydrogen-bond donors (Lipinski definition) is 0. The second-order valence-electron chi connectivity index (χ2n) is 11.1. The van der Waals surface area contributed by atoms with Gasteiger partial charge in [0, 0.05) is 50.3 Å². The third-order valence-electron chi connectivity index (χ3n) is 8.46. The predicted molar refractivity (Wildman–Crippen MR) is 162 cm³/mol. The molecule has 3 aromatic carbocycles. The van der Waals surface area contributed by atoms with Crippen molar-refractivity contribution in [1.29, 1.82) is 0 Å². The van der Waals surface area contributed by atoms with E-state index in [4.69, 9.17) is 44.3 Å². The lowest BCUT2D eigenvalue weighted by Crippen LogP contribution is -2.58. The van der Waals surface area contributed by atoms with Crippen LogP contribution in [0.15, 0.2) is 66.7 Å². The molecule has 12 heteroatoms. The first kappa shape index (κ1) is 32.4. The minimum Gasteiger partial charge on any atom is -0.488 e. The molecule has 0 bridgehead atoms. The van der Waals surface area contributed by atoms with Crippen molar-refractivity contribution in [2.75, 3.05) is 26.2 Å². The van der Waals surface area contributed by atoms with E-state index in [1.807, 2.05) is 24.3 Å². The molecule has 44 heavy (non-hydrogen) atoms. The Labute approximate surface area is 268 Å². The van der Waals surface area contributed by atoms with Gasteiger partial charge in [0.05, 0.1) is 6.54 Å². The number of esters is 1. The number of hydrogen-bond acceptors (Lipinski definition) is 5. The van der Waals surface area contributed by atoms with Gasteiger partial charge in [-0.25, -0.2) is 4.79 Å². The van der Waals surface area contributed by atoms with Gasteiger partial charge < -0.3 is 14.4 Å². The van der Waals surface area contributed by atoms with Crippen LogP contribution in [0.3, 0.4) is 0 Å². The molecule has 0 radical (unpaired) electrons. The first-order valence-corrected chi connectivity index (χ1v) is 15.3. The molecule has 0 aromatic heterocycles. The smallest absolute Gasteiger partial charge is 0.488 e. The molecule has 1 spiro atoms. The highest BCUT2D eigenvalue weighted by Gasteiger charge is 2.51. The molecule has 2 aliphatic heterocycles. The van der Waals surface area contributed by atoms with E-state index in [1.165, 1.54) is 4.90 Å². The number of nitrogens with zero attached hydrogens (tertiary/aromatic N) is 2. The average molecular weight is 670 g/mol. The average Bonchev–Trinajstić information content (AvgIpc) is 2.99. The first-order chi connectivity index (χ1) is 20.9. The molecule has 2 fully saturated rings. The fourth-order valence-electron chi connectivity index (χ4n) is 5.89. The molecule has 2 aliphatic rings. The maximum atomic E-state index is 13.3. The maximum absolute atomic E-state index is 13.3. The van der Waals surface area contributed by atoms with Gasteiger partial charge >= 0.3 is 12.1 Å². The van der Waals surface area contributed by atoms with Crippen LogP contribution in [-0.4, -0.2) is 60.1 Å². The SMILES string of the molecule is O=C(c1ccc(Cl)cc1)N1CCC2(CCN(Cc3ccccc3OCc3c(Cl)cccc3Cl)CC2)C(OC(=O)C(F)(F)F)C1. The van der Waals surface area contributed by atoms with E-state index < -0.39 is 23.7 Å². The maximum Gasteiger partial charge on any atom is 0.490 e. The van der Waals surface area contributed by atoms with E-state index in [0.29, 0.717) is 77.4 Å². The Balaban J connectivity index is 1.26. The summed E-state index contributed by atoms with van der Waals surface area (Å²) < 4.78 is 51.0. The lowest BCUT2D eigenvalue weighted by molar-refractivity contribution is -0.216. The number of halogens is 6. The summed E-state index contributed by atoms with van der Waals surface area (Å²) in [5, 5.41) is 1.48. The molecule has 234 valence electrons. The molecule has 5 rings (SSSR count). The highest BCUT2D eigenvalue weighted by atomic mass is 35.5. The Morgan fingerprint density at radius 3 is 2.16 bits per heavy atom. The van der Waals surface area contributed by atoms with Crippen molar-refractivity contribution in [1.82, 2.24) is 9.80 Å². The van der Waals surface area contributed by atoms with Gasteiger partial charge in [-0.2, -0.15) is 13.2 Å². The van der Waals surface area contributed by atoms with Gasteiger partial charge in [-0.15, -0.1) is 0 Å². The van der Waals surface area contributed by atoms with Gasteiger partial charge in [-0.1, -0.05) is 59.1 Å². The number of para-hydroxylation sites is 1. The lowest BCUT2D eigenvalue weighted by atomic mass is 9.69. The third-order valence-corrected chi connectivity index (χ3v) is 9.42. The Bertz CT molecular complexity index is 1470. The van der Waals surface area contributed by atoms with Crippen LogP contribution in [0, 0.1) is 5.41 Å². The molecule has 2 saturated heterocycles. The van der Waals surface area contributed by atoms with Crippen LogP contribution in [0.1, 0.15) is 40.7 Å². The number of amides is 1. The zero-order chi connectivity index (χ0) is 31.5. The summed E-state index contributed by atoms with van der Waals surface area (Å²) in [6, 6.07) is 19.2. The fourth-order valence-corrected chi connectivity index (χ4v) is 6.52. The van der Waals surface area contributed by atoms with Crippen LogP contribution in [0.5, 0.6) is 5.75 Å². The molecule has 0 N–H and O–H groups in total. The minimum absolute atomic E-state index is 0.120. The third kappa shape index (κ3) is 7.45. The van der Waals surface area contributed by atoms with Crippen LogP contribution in [0.25, 0.3) is 0 Å². The van der Waals surface area contributed by atoms with E-state index in [2.05, 4.69) is 4.90 Å². The fraction of sp³-hybridized carbons (Fsp3) is 0.375. The zero-order valence-electron chi connectivity index (χ0n) is 23.6. The molecule has 1 unspecified atom stereocenters. The van der Waals surface area contributed by atoms with E-state index >= 15 is 0 Å². The Morgan fingerprint density at radius 1 is 0.864 bits per heavy atom. The van der Waals surface area contributed by atoms with Crippen LogP contribution >= 0.6 is 34.8 Å². The molecular formula is C32H30Cl3F3N2O4. The summed E-state index contributed by atoms with van der Waals surface area (Å²) in [7, 11) is 0. The normalized spacial score (nSPS) is 18.7. The van der Waals surface area contributed by atoms with Crippen molar-refractivity contribution in [3.8, 4) is 5.75 Å². The van der Waals surface area contributed by atoms with Crippen molar-refractivity contribution in [2.45, 2.75) is 44.7 Å². The van der Waals surface area contributed by atoms with Crippen molar-refractivity contribution in [3.63, 3.8) is 0 Å². The standard InChI is InChI=1S/C32H30Cl3F3N2O4/c33-23-10-8-21(9-11-23)29(41)40-17-14-31(28(19-40)44-30(42)32(36,37)38)12-15-39(16-13-31)18-22-4-1-2-7-27(22)43-20-24-25(34)5-3-6-26(24)35/h1-11,28H,12-20H2. The van der Waals surface area contributed by atoms with Crippen LogP contribution in [0.4, 0.5) is 13.2 Å². The second-order valence-corrected chi connectivity index (χ2v) is 12.4. The minimum atomic E-state index is -5.14. The Kier molecular flexibility index (Phi) is 9.99. The van der Waals surface area contributed by atoms with E-state index in [-0.39, 0.29) is 19.1 Å². The van der Waals surface area contributed by atoms with Crippen LogP contribution < -0.4 is 4.74 Å². The molecule has 0 aliphatic carbocycles. The van der Waals surface area contributed by atoms with Gasteiger partial charge in [-0.3, -0.25) is 9.69 Å². The van der Waals surface area contributed by atoms with Crippen LogP contribution in [-0.2, 0) is 22.7 Å². The van der Waals surface area contributed by atoms with E-state index in [0.717, 1.165) is 5.56 Å². The summed E-state index contributed by atoms with van der Waals surface area (Å²) in [5.41, 5.74) is 1.30. The number of carbonyl (C=O) groups excluding carboxylic acids is 2. The molecule has 0 saturated carbocycles. The molecule has 6 nitrogen and oxygen atoms in total. The first-order valence-electron chi connectivity index (χ1n) is 14.1. The van der Waals surface area contributed by atoms with E-state index in [9.17, 15) is 22.8 Å². The van der Waals surface area contributed by atoms with Gasteiger partial charge in [0.2, 0.25) is 0 Å². The number of carbonyl (C=O) groups is 2. The lowest BCUT2D eigenvalue weighted by Gasteiger charge is -2.51. The highest BCUT2D eigenvalue weighted by molar-refractivity contribution is 6.36. The molecule has 2 heterocycles. The van der Waals surface area contributed by atoms with Crippen molar-refractivity contribution in [2.24, 2.45) is 5.41 Å². The Morgan fingerprint density at radius 2 is 1.50 bits per heavy atom. The molecule has 1 amide bonds. The number of ether oxygens (including phenoxy) is 2. The zero-order valence-corrected chi connectivity index (χ0v) is 25.9. The van der Waals surface area contributed by atoms with Gasteiger partial charge in [0.1, 0.15) is 18.5 Å². The largest absolute Gasteiger partial charge is 0.490 e. The summed E-state index contributed by atoms with van der Waals surface area (Å²) >= 11 is 18.5. The second kappa shape index (κ2) is 13.6. The number of rotatable bonds is 7. The summed E-state index contributed by atoms with van der Waals surface area (Å²) in [5.74, 6) is -1.92. The summed E-state index contributed by atoms with van der Waals surface area (Å²) in [6.07, 6.45) is -4.82. The summed E-state index contributed by atoms with van der Waals surface area (Å²) in [6.45, 7) is 2.09. The van der Waals surface area contributed by atoms with Gasteiger partial charge in [0.25, 0.3) is 5.91 Å². The molecule has 3 aromatic rings. The van der Waals surface area contributed by atoms with E-state index in [1.54, 1.807) is 42.5 Å². The number of likely N-dealkylation sites (tertiary alicyclic amines) is 2. The van der Waals surface area contributed by atoms with Gasteiger partial charge in [-0.05, 0) is 74.8 Å². The number of benzene rings is 3. The highest BCUT2D eigenvalue weighted by Crippen LogP contribution is 2.44. The number of alkyl halides is 3. The van der Waals surface area contributed by atoms with Crippen molar-refractivity contribution < 1.29 is 32.2 Å². The molecular weight excluding hydrogens is 640 g/mol. The van der Waals surface area contributed by atoms with Crippen molar-refractivity contribution >= 4 is 46.7 Å². The van der Waals surface area contributed by atoms with Gasteiger partial charge in [0.15, 0.2) is 0 Å². The quantitative estimate of drug-likeness (QED) is 0.240. The predicted octanol–water partition coefficient (Wildman–Crippen LogP) is 7.83. The Hall–Kier alpha value is -2.98. The number of piperidine rings is 2. The van der Waals surface area contributed by atoms with Crippen LogP contribution in [0.2, 0.25) is 15.1 Å². The summed E-state index contributed by atoms with van der Waals surface area (Å²) in [4.78, 5) is 28.8. The van der Waals surface area contributed by atoms with Crippen molar-refractivity contribution in [3.05, 3.63) is 98.5 Å². The molecule has 1 atom stereocenters. The topological polar surface area (TPSA) is 59.1 Å². The monoisotopic (exact) mass is 668 g/mol.